The van der Waals surface area contributed by atoms with Gasteiger partial charge in [-0.15, -0.1) is 0 Å². The van der Waals surface area contributed by atoms with E-state index in [9.17, 15) is 0 Å². The third-order valence-electron chi connectivity index (χ3n) is 0. The van der Waals surface area contributed by atoms with E-state index < -0.39 is 0 Å². The van der Waals surface area contributed by atoms with Gasteiger partial charge in [0.05, 0.1) is 0 Å². The molecule has 0 rings (SSSR count). The van der Waals surface area contributed by atoms with Gasteiger partial charge in [0.15, 0.2) is 0 Å². The van der Waals surface area contributed by atoms with Crippen molar-refractivity contribution in [1.82, 2.24) is 0 Å². The Balaban J connectivity index is 0. The first-order valence-corrected chi connectivity index (χ1v) is 0. The fraction of sp³-hybridized carbons (Fsp3) is 0. The molecule has 0 aromatic heterocycles. The summed E-state index contributed by atoms with van der Waals surface area (Å²) in [4.78, 5) is 0. The molecule has 0 bridgehead atoms. The maximum atomic E-state index is 0. The molecule has 32 valence electrons. The van der Waals surface area contributed by atoms with Crippen LogP contribution >= 0.6 is 0 Å². The van der Waals surface area contributed by atoms with Crippen molar-refractivity contribution < 1.29 is 33.5 Å². The van der Waals surface area contributed by atoms with Crippen molar-refractivity contribution in [3.05, 3.63) is 0 Å². The Bertz CT molecular complexity index is 3.25. The maximum absolute atomic E-state index is 0. The Kier molecular flexibility index (Phi) is 9770. The van der Waals surface area contributed by atoms with E-state index in [-0.39, 0.29) is 33.5 Å². The zero-order valence-electron chi connectivity index (χ0n) is 1.64. The van der Waals surface area contributed by atoms with Crippen LogP contribution in [0.25, 0.3) is 0 Å². The number of hydrogen-bond donors (Lipinski definition) is 0. The summed E-state index contributed by atoms with van der Waals surface area (Å²) in [5, 5.41) is 0. The minimum Gasteiger partial charge on any atom is -0.870 e. The van der Waals surface area contributed by atoms with E-state index >= 15 is 0 Å². The van der Waals surface area contributed by atoms with E-state index in [1.807, 2.05) is 0 Å². The molecule has 0 saturated heterocycles. The molecular weight excluding hydrogens is 112 g/mol. The molecule has 3 nitrogen and oxygen atoms in total. The maximum Gasteiger partial charge on any atom is 3.00 e. The topological polar surface area (TPSA) is 90.0 Å². The van der Waals surface area contributed by atoms with Crippen molar-refractivity contribution in [3.8, 4) is 0 Å². The fourth-order valence-electron chi connectivity index (χ4n) is 0. The molecule has 0 aliphatic rings. The van der Waals surface area contributed by atoms with E-state index in [0.29, 0.717) is 0 Å². The number of hydrogen-bond acceptors (Lipinski definition) is 3. The van der Waals surface area contributed by atoms with Gasteiger partial charge in [-0.1, -0.05) is 0 Å². The van der Waals surface area contributed by atoms with Crippen LogP contribution in [-0.2, 0) is 17.1 Å². The molecule has 0 atom stereocenters. The number of rotatable bonds is 0. The molecule has 0 aliphatic heterocycles. The van der Waals surface area contributed by atoms with E-state index in [1.165, 1.54) is 0 Å². The van der Waals surface area contributed by atoms with Crippen LogP contribution in [-0.4, -0.2) is 16.4 Å². The first kappa shape index (κ1) is 319. The van der Waals surface area contributed by atoms with Crippen LogP contribution in [0.2, 0.25) is 0 Å². The Labute approximate surface area is 34.4 Å². The second kappa shape index (κ2) is 123. The van der Waals surface area contributed by atoms with Crippen molar-refractivity contribution in [2.45, 2.75) is 0 Å². The minimum atomic E-state index is 0. The summed E-state index contributed by atoms with van der Waals surface area (Å²) >= 11 is 0. The molecule has 0 fully saturated rings. The van der Waals surface area contributed by atoms with Gasteiger partial charge in [0.2, 0.25) is 0 Å². The van der Waals surface area contributed by atoms with Gasteiger partial charge in [-0.2, -0.15) is 0 Å². The molecule has 4 heteroatoms. The van der Waals surface area contributed by atoms with Crippen molar-refractivity contribution in [3.63, 3.8) is 0 Å². The largest absolute Gasteiger partial charge is 3.00 e. The van der Waals surface area contributed by atoms with Crippen molar-refractivity contribution in [2.24, 2.45) is 0 Å². The van der Waals surface area contributed by atoms with Crippen LogP contribution in [0.5, 0.6) is 0 Å². The van der Waals surface area contributed by atoms with Crippen molar-refractivity contribution in [1.29, 1.82) is 0 Å². The summed E-state index contributed by atoms with van der Waals surface area (Å²) in [5.41, 5.74) is 0. The fourth-order valence-corrected chi connectivity index (χ4v) is 0. The van der Waals surface area contributed by atoms with Crippen LogP contribution in [0.3, 0.4) is 0 Å². The first-order chi connectivity index (χ1) is 0. The van der Waals surface area contributed by atoms with E-state index in [4.69, 9.17) is 0 Å². The molecule has 0 radical (unpaired) electrons. The van der Waals surface area contributed by atoms with Gasteiger partial charge < -0.3 is 16.4 Å². The Morgan fingerprint density at radius 3 is 0.500 bits per heavy atom. The quantitative estimate of drug-likeness (QED) is 0.397. The molecule has 0 aliphatic carbocycles. The molecule has 0 saturated carbocycles. The standard InChI is InChI=1S/Cu.3H2O/h;3*1H2/q+3;;;/p-3. The van der Waals surface area contributed by atoms with Crippen LogP contribution in [0.15, 0.2) is 0 Å². The summed E-state index contributed by atoms with van der Waals surface area (Å²) in [6.07, 6.45) is 0. The smallest absolute Gasteiger partial charge is 0.870 e. The average molecular weight is 115 g/mol. The van der Waals surface area contributed by atoms with Gasteiger partial charge in [-0.3, -0.25) is 0 Å². The molecule has 0 heterocycles. The van der Waals surface area contributed by atoms with Crippen LogP contribution < -0.4 is 0 Å². The van der Waals surface area contributed by atoms with Crippen molar-refractivity contribution >= 4 is 0 Å². The molecule has 0 unspecified atom stereocenters. The summed E-state index contributed by atoms with van der Waals surface area (Å²) in [5.74, 6) is 0. The zero-order valence-corrected chi connectivity index (χ0v) is 2.58. The second-order valence-electron chi connectivity index (χ2n) is 0. The van der Waals surface area contributed by atoms with Crippen molar-refractivity contribution in [2.75, 3.05) is 0 Å². The molecule has 0 aromatic carbocycles. The first-order valence-electron chi connectivity index (χ1n) is 0. The van der Waals surface area contributed by atoms with Crippen LogP contribution in [0, 0.1) is 0 Å². The van der Waals surface area contributed by atoms with Gasteiger partial charge in [-0.25, -0.2) is 0 Å². The molecule has 3 N–H and O–H groups in total. The van der Waals surface area contributed by atoms with Gasteiger partial charge in [0.25, 0.3) is 0 Å². The third-order valence-corrected chi connectivity index (χ3v) is 0. The summed E-state index contributed by atoms with van der Waals surface area (Å²) in [6, 6.07) is 0. The molecule has 0 spiro atoms. The van der Waals surface area contributed by atoms with E-state index in [0.717, 1.165) is 0 Å². The van der Waals surface area contributed by atoms with Gasteiger partial charge >= 0.3 is 17.1 Å². The third kappa shape index (κ3) is 29.4. The van der Waals surface area contributed by atoms with Gasteiger partial charge in [0, 0.05) is 0 Å². The predicted octanol–water partition coefficient (Wildman–Crippen LogP) is -0.533. The van der Waals surface area contributed by atoms with Crippen LogP contribution in [0.4, 0.5) is 0 Å². The monoisotopic (exact) mass is 114 g/mol. The SMILES string of the molecule is [Cu+3].[OH-].[OH-].[OH-]. The summed E-state index contributed by atoms with van der Waals surface area (Å²) in [6.45, 7) is 0. The molecular formula is H3CuO3. The molecule has 0 aromatic rings. The molecule has 4 heavy (non-hydrogen) atoms. The Hall–Kier alpha value is 0.399. The Morgan fingerprint density at radius 1 is 0.500 bits per heavy atom. The normalized spacial score (nSPS) is 0. The Morgan fingerprint density at radius 2 is 0.500 bits per heavy atom. The van der Waals surface area contributed by atoms with E-state index in [1.54, 1.807) is 0 Å². The van der Waals surface area contributed by atoms with E-state index in [2.05, 4.69) is 0 Å². The van der Waals surface area contributed by atoms with Gasteiger partial charge in [-0.05, 0) is 0 Å². The zero-order chi connectivity index (χ0) is 0. The summed E-state index contributed by atoms with van der Waals surface area (Å²) < 4.78 is 0. The average Bonchev–Trinajstić information content (AvgIpc) is 0. The predicted molar refractivity (Wildman–Crippen MR) is 5.81 cm³/mol. The van der Waals surface area contributed by atoms with Gasteiger partial charge in [0.1, 0.15) is 0 Å². The second-order valence-corrected chi connectivity index (χ2v) is 0. The summed E-state index contributed by atoms with van der Waals surface area (Å²) in [7, 11) is 0. The minimum absolute atomic E-state index is 0. The molecule has 0 amide bonds. The van der Waals surface area contributed by atoms with Crippen LogP contribution in [0.1, 0.15) is 0 Å².